The number of nitrogens with zero attached hydrogens (tertiary/aromatic N) is 2. The minimum atomic E-state index is 0.0499. The number of hydrogen-bond acceptors (Lipinski definition) is 4. The Labute approximate surface area is 135 Å². The van der Waals surface area contributed by atoms with Crippen LogP contribution >= 0.6 is 22.9 Å². The summed E-state index contributed by atoms with van der Waals surface area (Å²) in [5.74, 6) is 0.316. The van der Waals surface area contributed by atoms with Gasteiger partial charge in [0.15, 0.2) is 5.13 Å². The van der Waals surface area contributed by atoms with Gasteiger partial charge in [0.25, 0.3) is 0 Å². The van der Waals surface area contributed by atoms with Crippen molar-refractivity contribution in [3.05, 3.63) is 45.4 Å². The largest absolute Gasteiger partial charge is 0.391 e. The quantitative estimate of drug-likeness (QED) is 0.872. The van der Waals surface area contributed by atoms with E-state index < -0.39 is 0 Å². The third-order valence-electron chi connectivity index (χ3n) is 3.64. The fourth-order valence-electron chi connectivity index (χ4n) is 2.20. The maximum absolute atomic E-state index is 9.49. The van der Waals surface area contributed by atoms with Crippen molar-refractivity contribution >= 4 is 28.1 Å². The Morgan fingerprint density at radius 1 is 1.24 bits per heavy atom. The molecule has 2 aromatic rings. The van der Waals surface area contributed by atoms with E-state index in [-0.39, 0.29) is 12.6 Å². The Balaban J connectivity index is 2.26. The molecular formula is C16H21ClN2OS. The molecule has 0 fully saturated rings. The zero-order valence-electron chi connectivity index (χ0n) is 12.8. The smallest absolute Gasteiger partial charge is 0.186 e. The van der Waals surface area contributed by atoms with Gasteiger partial charge in [-0.25, -0.2) is 4.98 Å². The molecule has 1 heterocycles. The molecule has 1 unspecified atom stereocenters. The van der Waals surface area contributed by atoms with Crippen molar-refractivity contribution in [3.63, 3.8) is 0 Å². The van der Waals surface area contributed by atoms with Gasteiger partial charge in [-0.15, -0.1) is 0 Å². The van der Waals surface area contributed by atoms with Crippen LogP contribution in [0.25, 0.3) is 0 Å². The number of thiazole rings is 1. The minimum Gasteiger partial charge on any atom is -0.391 e. The van der Waals surface area contributed by atoms with Crippen LogP contribution in [0.2, 0.25) is 5.02 Å². The zero-order valence-corrected chi connectivity index (χ0v) is 14.4. The van der Waals surface area contributed by atoms with Crippen molar-refractivity contribution in [3.8, 4) is 0 Å². The van der Waals surface area contributed by atoms with Gasteiger partial charge in [0.2, 0.25) is 0 Å². The van der Waals surface area contributed by atoms with Gasteiger partial charge in [-0.2, -0.15) is 0 Å². The van der Waals surface area contributed by atoms with Gasteiger partial charge in [0.1, 0.15) is 0 Å². The number of hydrogen-bond donors (Lipinski definition) is 1. The molecule has 0 saturated heterocycles. The van der Waals surface area contributed by atoms with Crippen molar-refractivity contribution in [2.24, 2.45) is 0 Å². The van der Waals surface area contributed by atoms with Gasteiger partial charge in [0.05, 0.1) is 23.2 Å². The Kier molecular flexibility index (Phi) is 5.25. The predicted octanol–water partition coefficient (Wildman–Crippen LogP) is 4.61. The Morgan fingerprint density at radius 2 is 1.86 bits per heavy atom. The molecule has 1 aromatic heterocycles. The third kappa shape index (κ3) is 3.57. The molecule has 0 bridgehead atoms. The summed E-state index contributed by atoms with van der Waals surface area (Å²) in [7, 11) is 2.03. The molecule has 0 amide bonds. The van der Waals surface area contributed by atoms with Crippen molar-refractivity contribution in [2.75, 3.05) is 11.9 Å². The zero-order chi connectivity index (χ0) is 15.6. The van der Waals surface area contributed by atoms with Crippen LogP contribution in [0.3, 0.4) is 0 Å². The fraction of sp³-hybridized carbons (Fsp3) is 0.438. The van der Waals surface area contributed by atoms with Crippen LogP contribution in [-0.2, 0) is 6.61 Å². The lowest BCUT2D eigenvalue weighted by Gasteiger charge is -2.24. The number of aromatic nitrogens is 1. The van der Waals surface area contributed by atoms with E-state index in [0.717, 1.165) is 20.7 Å². The van der Waals surface area contributed by atoms with Crippen LogP contribution in [0.4, 0.5) is 5.13 Å². The van der Waals surface area contributed by atoms with Crippen LogP contribution in [0.5, 0.6) is 0 Å². The van der Waals surface area contributed by atoms with Gasteiger partial charge in [-0.05, 0) is 30.5 Å². The standard InChI is InChI=1S/C16H21ClN2OS/c1-10(2)15-14(9-20)21-16(18-15)19(4)11(3)12-5-7-13(17)8-6-12/h5-8,10-11,20H,9H2,1-4H3. The molecule has 0 saturated carbocycles. The summed E-state index contributed by atoms with van der Waals surface area (Å²) in [6.45, 7) is 6.38. The van der Waals surface area contributed by atoms with Crippen LogP contribution in [-0.4, -0.2) is 17.1 Å². The number of aliphatic hydroxyl groups is 1. The van der Waals surface area contributed by atoms with Crippen molar-refractivity contribution in [1.29, 1.82) is 0 Å². The monoisotopic (exact) mass is 324 g/mol. The average molecular weight is 325 g/mol. The molecule has 1 N–H and O–H groups in total. The van der Waals surface area contributed by atoms with Crippen molar-refractivity contribution < 1.29 is 5.11 Å². The summed E-state index contributed by atoms with van der Waals surface area (Å²) >= 11 is 7.50. The molecule has 0 aliphatic carbocycles. The van der Waals surface area contributed by atoms with Crippen LogP contribution in [0.1, 0.15) is 48.9 Å². The fourth-order valence-corrected chi connectivity index (χ4v) is 3.44. The minimum absolute atomic E-state index is 0.0499. The summed E-state index contributed by atoms with van der Waals surface area (Å²) in [5.41, 5.74) is 2.18. The molecule has 0 aliphatic rings. The molecule has 0 aliphatic heterocycles. The summed E-state index contributed by atoms with van der Waals surface area (Å²) in [6, 6.07) is 8.07. The molecule has 5 heteroatoms. The van der Waals surface area contributed by atoms with Gasteiger partial charge in [0, 0.05) is 12.1 Å². The molecule has 1 atom stereocenters. The second-order valence-corrected chi connectivity index (χ2v) is 6.95. The van der Waals surface area contributed by atoms with E-state index in [0.29, 0.717) is 5.92 Å². The number of anilines is 1. The Bertz CT molecular complexity index is 595. The van der Waals surface area contributed by atoms with E-state index >= 15 is 0 Å². The maximum Gasteiger partial charge on any atom is 0.186 e. The first-order valence-electron chi connectivity index (χ1n) is 7.02. The highest BCUT2D eigenvalue weighted by Crippen LogP contribution is 2.34. The van der Waals surface area contributed by atoms with E-state index in [1.54, 1.807) is 11.3 Å². The summed E-state index contributed by atoms with van der Waals surface area (Å²) in [5, 5.41) is 11.2. The third-order valence-corrected chi connectivity index (χ3v) is 5.04. The maximum atomic E-state index is 9.49. The van der Waals surface area contributed by atoms with E-state index in [9.17, 15) is 5.11 Å². The lowest BCUT2D eigenvalue weighted by Crippen LogP contribution is -2.21. The topological polar surface area (TPSA) is 36.4 Å². The highest BCUT2D eigenvalue weighted by Gasteiger charge is 2.19. The lowest BCUT2D eigenvalue weighted by atomic mass is 10.1. The Morgan fingerprint density at radius 3 is 2.33 bits per heavy atom. The lowest BCUT2D eigenvalue weighted by molar-refractivity contribution is 0.283. The van der Waals surface area contributed by atoms with E-state index in [1.807, 2.05) is 31.3 Å². The van der Waals surface area contributed by atoms with Gasteiger partial charge in [-0.3, -0.25) is 0 Å². The van der Waals surface area contributed by atoms with E-state index in [4.69, 9.17) is 16.6 Å². The molecule has 21 heavy (non-hydrogen) atoms. The molecule has 1 aromatic carbocycles. The molecule has 0 radical (unpaired) electrons. The first-order valence-corrected chi connectivity index (χ1v) is 8.22. The SMILES string of the molecule is CC(C)c1nc(N(C)C(C)c2ccc(Cl)cc2)sc1CO. The van der Waals surface area contributed by atoms with E-state index in [1.165, 1.54) is 5.56 Å². The van der Waals surface area contributed by atoms with Crippen molar-refractivity contribution in [1.82, 2.24) is 4.98 Å². The van der Waals surface area contributed by atoms with Gasteiger partial charge < -0.3 is 10.0 Å². The number of aliphatic hydroxyl groups excluding tert-OH is 1. The molecular weight excluding hydrogens is 304 g/mol. The summed E-state index contributed by atoms with van der Waals surface area (Å²) in [4.78, 5) is 7.79. The summed E-state index contributed by atoms with van der Waals surface area (Å²) in [6.07, 6.45) is 0. The highest BCUT2D eigenvalue weighted by molar-refractivity contribution is 7.15. The first-order chi connectivity index (χ1) is 9.93. The number of benzene rings is 1. The van der Waals surface area contributed by atoms with Gasteiger partial charge >= 0.3 is 0 Å². The Hall–Kier alpha value is -1.10. The van der Waals surface area contributed by atoms with Crippen molar-refractivity contribution in [2.45, 2.75) is 39.3 Å². The van der Waals surface area contributed by atoms with E-state index in [2.05, 4.69) is 25.7 Å². The second-order valence-electron chi connectivity index (χ2n) is 5.46. The summed E-state index contributed by atoms with van der Waals surface area (Å²) < 4.78 is 0. The molecule has 114 valence electrons. The van der Waals surface area contributed by atoms with Crippen LogP contribution in [0, 0.1) is 0 Å². The number of rotatable bonds is 5. The normalized spacial score (nSPS) is 12.7. The first kappa shape index (κ1) is 16.3. The highest BCUT2D eigenvalue weighted by atomic mass is 35.5. The molecule has 2 rings (SSSR count). The second kappa shape index (κ2) is 6.77. The molecule has 0 spiro atoms. The predicted molar refractivity (Wildman–Crippen MR) is 90.4 cm³/mol. The number of halogens is 1. The average Bonchev–Trinajstić information content (AvgIpc) is 2.91. The van der Waals surface area contributed by atoms with Crippen LogP contribution < -0.4 is 4.90 Å². The van der Waals surface area contributed by atoms with Gasteiger partial charge in [-0.1, -0.05) is 48.9 Å². The molecule has 3 nitrogen and oxygen atoms in total. The van der Waals surface area contributed by atoms with Crippen LogP contribution in [0.15, 0.2) is 24.3 Å².